The quantitative estimate of drug-likeness (QED) is 0.366. The summed E-state index contributed by atoms with van der Waals surface area (Å²) in [6, 6.07) is 16.8. The van der Waals surface area contributed by atoms with E-state index in [4.69, 9.17) is 10.2 Å². The van der Waals surface area contributed by atoms with Crippen LogP contribution in [0.25, 0.3) is 22.8 Å². The summed E-state index contributed by atoms with van der Waals surface area (Å²) < 4.78 is 0. The Morgan fingerprint density at radius 1 is 0.548 bits per heavy atom. The molecule has 0 amide bonds. The molecule has 31 heavy (non-hydrogen) atoms. The molecule has 158 valence electrons. The van der Waals surface area contributed by atoms with Crippen molar-refractivity contribution in [2.24, 2.45) is 0 Å². The summed E-state index contributed by atoms with van der Waals surface area (Å²) in [5, 5.41) is 17.9. The molecule has 0 saturated carbocycles. The van der Waals surface area contributed by atoms with Crippen molar-refractivity contribution >= 4 is 11.9 Å². The Balaban J connectivity index is 0.000000213. The first-order valence-electron chi connectivity index (χ1n) is 8.77. The number of rotatable bonds is 4. The molecule has 0 atom stereocenters. The topological polar surface area (TPSA) is 126 Å². The van der Waals surface area contributed by atoms with Gasteiger partial charge in [0, 0.05) is 45.9 Å². The summed E-state index contributed by atoms with van der Waals surface area (Å²) in [5.74, 6) is -1.99. The Morgan fingerprint density at radius 2 is 0.935 bits per heavy atom. The zero-order valence-electron chi connectivity index (χ0n) is 15.9. The van der Waals surface area contributed by atoms with Gasteiger partial charge in [-0.1, -0.05) is 12.1 Å². The molecule has 0 radical (unpaired) electrons. The van der Waals surface area contributed by atoms with Gasteiger partial charge in [0.15, 0.2) is 0 Å². The number of carboxylic acids is 2. The third-order valence-corrected chi connectivity index (χ3v) is 3.89. The fraction of sp³-hybridized carbons (Fsp3) is 0. The van der Waals surface area contributed by atoms with E-state index in [2.05, 4.69) is 19.9 Å². The Labute approximate surface area is 192 Å². The molecule has 4 heterocycles. The minimum absolute atomic E-state index is 0. The van der Waals surface area contributed by atoms with E-state index in [0.717, 1.165) is 0 Å². The number of hydrogen-bond donors (Lipinski definition) is 2. The zero-order valence-corrected chi connectivity index (χ0v) is 18.2. The molecule has 4 aromatic heterocycles. The van der Waals surface area contributed by atoms with E-state index in [1.807, 2.05) is 0 Å². The fourth-order valence-electron chi connectivity index (χ4n) is 2.57. The van der Waals surface area contributed by atoms with E-state index in [1.165, 1.54) is 12.1 Å². The number of pyridine rings is 4. The van der Waals surface area contributed by atoms with E-state index in [0.29, 0.717) is 22.8 Å². The number of nitrogens with zero attached hydrogens (tertiary/aromatic N) is 4. The molecule has 4 aromatic rings. The summed E-state index contributed by atoms with van der Waals surface area (Å²) in [6.45, 7) is 0. The molecule has 9 heteroatoms. The molecular formula is C22H16N4O4Pt. The average Bonchev–Trinajstić information content (AvgIpc) is 2.80. The minimum Gasteiger partial charge on any atom is -0.478 e. The maximum atomic E-state index is 10.9. The Morgan fingerprint density at radius 3 is 1.26 bits per heavy atom. The molecule has 0 aromatic carbocycles. The van der Waals surface area contributed by atoms with Crippen molar-refractivity contribution in [2.75, 3.05) is 0 Å². The van der Waals surface area contributed by atoms with E-state index in [-0.39, 0.29) is 32.2 Å². The first kappa shape index (κ1) is 23.5. The third-order valence-electron chi connectivity index (χ3n) is 3.89. The standard InChI is InChI=1S/2C11H8N2O2.Pt/c2*14-11(15)8-4-3-7-13-10(8)9-5-1-2-6-12-9;/h2*1-7H,(H,14,15);. The molecule has 0 fully saturated rings. The van der Waals surface area contributed by atoms with Crippen molar-refractivity contribution in [1.29, 1.82) is 0 Å². The van der Waals surface area contributed by atoms with Crippen LogP contribution in [0.5, 0.6) is 0 Å². The Bertz CT molecular complexity index is 1070. The van der Waals surface area contributed by atoms with Crippen LogP contribution in [0.4, 0.5) is 0 Å². The normalized spacial score (nSPS) is 9.55. The molecule has 0 aliphatic heterocycles. The first-order valence-corrected chi connectivity index (χ1v) is 8.77. The molecule has 0 spiro atoms. The van der Waals surface area contributed by atoms with Gasteiger partial charge in [-0.25, -0.2) is 9.59 Å². The molecule has 0 bridgehead atoms. The number of carbonyl (C=O) groups is 2. The van der Waals surface area contributed by atoms with Crippen molar-refractivity contribution in [1.82, 2.24) is 19.9 Å². The molecule has 0 aliphatic rings. The summed E-state index contributed by atoms with van der Waals surface area (Å²) >= 11 is 0. The van der Waals surface area contributed by atoms with Crippen molar-refractivity contribution in [2.45, 2.75) is 0 Å². The van der Waals surface area contributed by atoms with Gasteiger partial charge >= 0.3 is 11.9 Å². The first-order chi connectivity index (χ1) is 14.6. The number of carboxylic acid groups (broad SMARTS) is 2. The maximum absolute atomic E-state index is 10.9. The molecule has 2 N–H and O–H groups in total. The number of hydrogen-bond acceptors (Lipinski definition) is 6. The molecular weight excluding hydrogens is 579 g/mol. The smallest absolute Gasteiger partial charge is 0.337 e. The predicted octanol–water partition coefficient (Wildman–Crippen LogP) is 3.68. The van der Waals surface area contributed by atoms with Crippen molar-refractivity contribution in [3.8, 4) is 22.8 Å². The zero-order chi connectivity index (χ0) is 21.3. The van der Waals surface area contributed by atoms with Crippen LogP contribution in [0.3, 0.4) is 0 Å². The summed E-state index contributed by atoms with van der Waals surface area (Å²) in [6.07, 6.45) is 6.32. The monoisotopic (exact) mass is 595 g/mol. The average molecular weight is 595 g/mol. The maximum Gasteiger partial charge on any atom is 0.337 e. The van der Waals surface area contributed by atoms with Crippen molar-refractivity contribution in [3.63, 3.8) is 0 Å². The second-order valence-corrected chi connectivity index (χ2v) is 5.84. The van der Waals surface area contributed by atoms with Crippen LogP contribution in [-0.2, 0) is 21.1 Å². The van der Waals surface area contributed by atoms with E-state index in [9.17, 15) is 9.59 Å². The largest absolute Gasteiger partial charge is 0.478 e. The second kappa shape index (κ2) is 11.4. The van der Waals surface area contributed by atoms with Gasteiger partial charge in [0.1, 0.15) is 11.4 Å². The summed E-state index contributed by atoms with van der Waals surface area (Å²) in [5.41, 5.74) is 2.25. The van der Waals surface area contributed by atoms with Gasteiger partial charge in [-0.2, -0.15) is 0 Å². The van der Waals surface area contributed by atoms with Crippen LogP contribution in [0, 0.1) is 0 Å². The molecule has 8 nitrogen and oxygen atoms in total. The Kier molecular flexibility index (Phi) is 8.66. The van der Waals surface area contributed by atoms with Crippen LogP contribution in [-0.4, -0.2) is 42.1 Å². The van der Waals surface area contributed by atoms with Gasteiger partial charge < -0.3 is 10.2 Å². The molecule has 0 saturated heterocycles. The molecule has 4 rings (SSSR count). The van der Waals surface area contributed by atoms with Gasteiger partial charge in [-0.3, -0.25) is 19.9 Å². The molecule has 0 unspecified atom stereocenters. The molecule has 0 aliphatic carbocycles. The Hall–Kier alpha value is -3.77. The minimum atomic E-state index is -0.997. The van der Waals surface area contributed by atoms with Crippen LogP contribution < -0.4 is 0 Å². The van der Waals surface area contributed by atoms with Crippen LogP contribution in [0.2, 0.25) is 0 Å². The van der Waals surface area contributed by atoms with E-state index >= 15 is 0 Å². The SMILES string of the molecule is O=C(O)c1cccnc1-c1ccccn1.O=C(O)c1cccnc1-c1ccccn1.[Pt]. The van der Waals surface area contributed by atoms with Gasteiger partial charge in [0.05, 0.1) is 22.5 Å². The van der Waals surface area contributed by atoms with Crippen LogP contribution in [0.1, 0.15) is 20.7 Å². The van der Waals surface area contributed by atoms with Gasteiger partial charge in [0.25, 0.3) is 0 Å². The number of aromatic carboxylic acids is 2. The van der Waals surface area contributed by atoms with Crippen molar-refractivity contribution in [3.05, 3.63) is 96.6 Å². The van der Waals surface area contributed by atoms with Gasteiger partial charge in [0.2, 0.25) is 0 Å². The van der Waals surface area contributed by atoms with E-state index in [1.54, 1.807) is 73.3 Å². The summed E-state index contributed by atoms with van der Waals surface area (Å²) in [7, 11) is 0. The van der Waals surface area contributed by atoms with Crippen molar-refractivity contribution < 1.29 is 40.9 Å². The summed E-state index contributed by atoms with van der Waals surface area (Å²) in [4.78, 5) is 38.0. The van der Waals surface area contributed by atoms with Gasteiger partial charge in [-0.15, -0.1) is 0 Å². The van der Waals surface area contributed by atoms with E-state index < -0.39 is 11.9 Å². The fourth-order valence-corrected chi connectivity index (χ4v) is 2.57. The predicted molar refractivity (Wildman–Crippen MR) is 109 cm³/mol. The number of aromatic nitrogens is 4. The second-order valence-electron chi connectivity index (χ2n) is 5.84. The van der Waals surface area contributed by atoms with Crippen LogP contribution in [0.15, 0.2) is 85.5 Å². The van der Waals surface area contributed by atoms with Crippen LogP contribution >= 0.6 is 0 Å². The van der Waals surface area contributed by atoms with Gasteiger partial charge in [-0.05, 0) is 48.5 Å². The third kappa shape index (κ3) is 6.10.